The first-order valence-electron chi connectivity index (χ1n) is 7.52. The van der Waals surface area contributed by atoms with E-state index >= 15 is 0 Å². The average molecular weight is 337 g/mol. The van der Waals surface area contributed by atoms with Crippen LogP contribution >= 0.6 is 24.0 Å². The fourth-order valence-corrected chi connectivity index (χ4v) is 3.74. The van der Waals surface area contributed by atoms with Crippen LogP contribution in [0.1, 0.15) is 44.4 Å². The van der Waals surface area contributed by atoms with Gasteiger partial charge in [-0.15, -0.1) is 0 Å². The molecule has 0 spiro atoms. The Balaban J connectivity index is 1.87. The van der Waals surface area contributed by atoms with Gasteiger partial charge in [-0.3, -0.25) is 4.79 Å². The summed E-state index contributed by atoms with van der Waals surface area (Å²) in [6, 6.07) is 1.96. The van der Waals surface area contributed by atoms with Crippen LogP contribution in [0.2, 0.25) is 0 Å². The Bertz CT molecular complexity index is 619. The molecule has 0 saturated heterocycles. The predicted octanol–water partition coefficient (Wildman–Crippen LogP) is 3.39. The number of nitrogens with one attached hydrogen (secondary N) is 1. The average Bonchev–Trinajstić information content (AvgIpc) is 3.20. The third-order valence-corrected chi connectivity index (χ3v) is 4.95. The Morgan fingerprint density at radius 1 is 1.41 bits per heavy atom. The smallest absolute Gasteiger partial charge is 0.252 e. The second kappa shape index (κ2) is 6.83. The first-order valence-corrected chi connectivity index (χ1v) is 9.10. The highest BCUT2D eigenvalue weighted by atomic mass is 32.1. The monoisotopic (exact) mass is 337 g/mol. The molecule has 0 radical (unpaired) electrons. The van der Waals surface area contributed by atoms with Crippen molar-refractivity contribution in [2.45, 2.75) is 44.1 Å². The molecule has 1 aliphatic rings. The maximum atomic E-state index is 12.1. The first-order chi connectivity index (χ1) is 10.7. The third-order valence-electron chi connectivity index (χ3n) is 4.04. The molecular formula is C15H19N3O2S2. The summed E-state index contributed by atoms with van der Waals surface area (Å²) >= 11 is 5.72. The van der Waals surface area contributed by atoms with E-state index in [1.54, 1.807) is 11.3 Å². The van der Waals surface area contributed by atoms with Crippen LogP contribution in [0, 0.1) is 0 Å². The number of amides is 1. The Morgan fingerprint density at radius 3 is 2.91 bits per heavy atom. The highest BCUT2D eigenvalue weighted by Gasteiger charge is 2.40. The van der Waals surface area contributed by atoms with E-state index in [0.717, 1.165) is 31.2 Å². The first kappa shape index (κ1) is 15.6. The molecule has 0 unspecified atom stereocenters. The van der Waals surface area contributed by atoms with Crippen molar-refractivity contribution in [3.8, 4) is 11.4 Å². The molecule has 0 bridgehead atoms. The maximum absolute atomic E-state index is 12.1. The second-order valence-corrected chi connectivity index (χ2v) is 6.83. The molecule has 3 rings (SSSR count). The van der Waals surface area contributed by atoms with Crippen molar-refractivity contribution in [3.63, 3.8) is 0 Å². The number of rotatable bonds is 5. The molecule has 118 valence electrons. The molecule has 5 nitrogen and oxygen atoms in total. The topological polar surface area (TPSA) is 68.0 Å². The van der Waals surface area contributed by atoms with Crippen molar-refractivity contribution in [2.24, 2.45) is 0 Å². The Kier molecular flexibility index (Phi) is 4.83. The molecule has 2 heterocycles. The summed E-state index contributed by atoms with van der Waals surface area (Å²) in [7, 11) is 0. The fourth-order valence-electron chi connectivity index (χ4n) is 2.91. The highest BCUT2D eigenvalue weighted by Crippen LogP contribution is 2.37. The number of hydrogen-bond acceptors (Lipinski definition) is 6. The van der Waals surface area contributed by atoms with E-state index < -0.39 is 5.54 Å². The predicted molar refractivity (Wildman–Crippen MR) is 89.0 cm³/mol. The molecule has 22 heavy (non-hydrogen) atoms. The van der Waals surface area contributed by atoms with Crippen LogP contribution in [0.3, 0.4) is 0 Å². The largest absolute Gasteiger partial charge is 0.342 e. The number of carbonyl (C=O) groups excluding carboxylic acids is 1. The van der Waals surface area contributed by atoms with Gasteiger partial charge >= 0.3 is 0 Å². The third kappa shape index (κ3) is 3.20. The van der Waals surface area contributed by atoms with Crippen LogP contribution in [0.15, 0.2) is 21.3 Å². The van der Waals surface area contributed by atoms with Gasteiger partial charge in [0.15, 0.2) is 0 Å². The molecule has 7 heteroatoms. The molecular weight excluding hydrogens is 318 g/mol. The van der Waals surface area contributed by atoms with Gasteiger partial charge in [0, 0.05) is 17.4 Å². The molecule has 1 aliphatic carbocycles. The minimum atomic E-state index is -0.514. The van der Waals surface area contributed by atoms with E-state index in [-0.39, 0.29) is 5.91 Å². The van der Waals surface area contributed by atoms with Crippen molar-refractivity contribution >= 4 is 29.9 Å². The zero-order chi connectivity index (χ0) is 15.4. The van der Waals surface area contributed by atoms with Gasteiger partial charge in [-0.2, -0.15) is 28.9 Å². The van der Waals surface area contributed by atoms with Crippen LogP contribution in [-0.4, -0.2) is 21.8 Å². The summed E-state index contributed by atoms with van der Waals surface area (Å²) in [6.45, 7) is 0. The maximum Gasteiger partial charge on any atom is 0.252 e. The van der Waals surface area contributed by atoms with Crippen LogP contribution in [0.4, 0.5) is 0 Å². The minimum absolute atomic E-state index is 0.00724. The molecule has 0 aliphatic heterocycles. The molecule has 1 saturated carbocycles. The van der Waals surface area contributed by atoms with Crippen LogP contribution in [0.25, 0.3) is 11.4 Å². The zero-order valence-electron chi connectivity index (χ0n) is 12.2. The summed E-state index contributed by atoms with van der Waals surface area (Å²) in [6.07, 6.45) is 5.37. The van der Waals surface area contributed by atoms with Gasteiger partial charge < -0.3 is 9.84 Å². The molecule has 0 atom stereocenters. The van der Waals surface area contributed by atoms with Gasteiger partial charge in [0.1, 0.15) is 5.54 Å². The van der Waals surface area contributed by atoms with Gasteiger partial charge in [0.05, 0.1) is 0 Å². The van der Waals surface area contributed by atoms with E-state index in [0.29, 0.717) is 23.9 Å². The number of hydrogen-bond donors (Lipinski definition) is 2. The number of thiol groups is 1. The summed E-state index contributed by atoms with van der Waals surface area (Å²) in [5, 5.41) is 11.2. The van der Waals surface area contributed by atoms with Crippen molar-refractivity contribution < 1.29 is 9.32 Å². The number of aromatic nitrogens is 2. The van der Waals surface area contributed by atoms with Gasteiger partial charge in [-0.1, -0.05) is 24.4 Å². The van der Waals surface area contributed by atoms with Gasteiger partial charge in [0.2, 0.25) is 11.7 Å². The molecule has 2 aromatic rings. The lowest BCUT2D eigenvalue weighted by Crippen LogP contribution is -2.47. The Labute approximate surface area is 138 Å². The van der Waals surface area contributed by atoms with Crippen molar-refractivity contribution in [1.82, 2.24) is 15.5 Å². The van der Waals surface area contributed by atoms with Crippen molar-refractivity contribution in [3.05, 3.63) is 22.7 Å². The lowest BCUT2D eigenvalue weighted by molar-refractivity contribution is -0.123. The quantitative estimate of drug-likeness (QED) is 0.821. The van der Waals surface area contributed by atoms with E-state index in [2.05, 4.69) is 28.1 Å². The standard InChI is InChI=1S/C15H19N3O2S2/c19-12(4-8-21)17-15(6-2-1-3-7-15)14-16-13(18-20-14)11-5-9-22-10-11/h5,9-10,21H,1-4,6-8H2,(H,17,19). The second-order valence-electron chi connectivity index (χ2n) is 5.60. The summed E-state index contributed by atoms with van der Waals surface area (Å²) < 4.78 is 5.52. The van der Waals surface area contributed by atoms with Crippen molar-refractivity contribution in [1.29, 1.82) is 0 Å². The van der Waals surface area contributed by atoms with E-state index in [4.69, 9.17) is 4.52 Å². The van der Waals surface area contributed by atoms with E-state index in [1.807, 2.05) is 16.8 Å². The van der Waals surface area contributed by atoms with E-state index in [1.165, 1.54) is 6.42 Å². The Hall–Kier alpha value is -1.34. The molecule has 0 aromatic carbocycles. The lowest BCUT2D eigenvalue weighted by Gasteiger charge is -2.34. The van der Waals surface area contributed by atoms with E-state index in [9.17, 15) is 4.79 Å². The Morgan fingerprint density at radius 2 is 2.23 bits per heavy atom. The molecule has 1 amide bonds. The van der Waals surface area contributed by atoms with Gasteiger partial charge in [-0.25, -0.2) is 0 Å². The SMILES string of the molecule is O=C(CCS)NC1(c2nc(-c3ccsc3)no2)CCCCC1. The summed E-state index contributed by atoms with van der Waals surface area (Å²) in [5.41, 5.74) is 0.437. The molecule has 1 fully saturated rings. The van der Waals surface area contributed by atoms with Crippen molar-refractivity contribution in [2.75, 3.05) is 5.75 Å². The van der Waals surface area contributed by atoms with Crippen LogP contribution in [-0.2, 0) is 10.3 Å². The van der Waals surface area contributed by atoms with Gasteiger partial charge in [0.25, 0.3) is 5.89 Å². The molecule has 2 aromatic heterocycles. The minimum Gasteiger partial charge on any atom is -0.342 e. The van der Waals surface area contributed by atoms with Crippen LogP contribution in [0.5, 0.6) is 0 Å². The number of carbonyl (C=O) groups is 1. The summed E-state index contributed by atoms with van der Waals surface area (Å²) in [4.78, 5) is 16.6. The number of nitrogens with zero attached hydrogens (tertiary/aromatic N) is 2. The van der Waals surface area contributed by atoms with Gasteiger partial charge in [-0.05, 0) is 30.0 Å². The fraction of sp³-hybridized carbons (Fsp3) is 0.533. The zero-order valence-corrected chi connectivity index (χ0v) is 14.0. The summed E-state index contributed by atoms with van der Waals surface area (Å²) in [5.74, 6) is 1.64. The highest BCUT2D eigenvalue weighted by molar-refractivity contribution is 7.80. The van der Waals surface area contributed by atoms with Crippen LogP contribution < -0.4 is 5.32 Å². The molecule has 1 N–H and O–H groups in total. The lowest BCUT2D eigenvalue weighted by atomic mass is 9.81. The number of thiophene rings is 1. The normalized spacial score (nSPS) is 17.3.